The molecule has 1 aliphatic carbocycles. The first-order valence-corrected chi connectivity index (χ1v) is 8.62. The minimum absolute atomic E-state index is 0.0193. The first kappa shape index (κ1) is 18.4. The molecular weight excluding hydrogens is 361 g/mol. The zero-order chi connectivity index (χ0) is 17.0. The van der Waals surface area contributed by atoms with Crippen LogP contribution in [0.3, 0.4) is 0 Å². The zero-order valence-corrected chi connectivity index (χ0v) is 15.0. The molecule has 0 aromatic heterocycles. The summed E-state index contributed by atoms with van der Waals surface area (Å²) in [6.45, 7) is 1.84. The van der Waals surface area contributed by atoms with Crippen LogP contribution in [0.2, 0.25) is 15.1 Å². The third kappa shape index (κ3) is 5.00. The van der Waals surface area contributed by atoms with Crippen LogP contribution in [0.4, 0.5) is 0 Å². The van der Waals surface area contributed by atoms with Crippen LogP contribution in [0, 0.1) is 5.92 Å². The Kier molecular flexibility index (Phi) is 6.57. The molecular formula is C16H18Cl3NO3. The fraction of sp³-hybridized carbons (Fsp3) is 0.500. The average Bonchev–Trinajstić information content (AvgIpc) is 2.51. The summed E-state index contributed by atoms with van der Waals surface area (Å²) < 4.78 is 4.99. The van der Waals surface area contributed by atoms with Crippen molar-refractivity contribution in [1.82, 2.24) is 5.32 Å². The molecule has 0 unspecified atom stereocenters. The highest BCUT2D eigenvalue weighted by Crippen LogP contribution is 2.31. The van der Waals surface area contributed by atoms with Gasteiger partial charge in [-0.15, -0.1) is 0 Å². The number of benzene rings is 1. The first-order valence-electron chi connectivity index (χ1n) is 7.48. The Balaban J connectivity index is 1.87. The van der Waals surface area contributed by atoms with E-state index in [1.807, 2.05) is 0 Å². The van der Waals surface area contributed by atoms with E-state index in [2.05, 4.69) is 12.2 Å². The summed E-state index contributed by atoms with van der Waals surface area (Å²) in [5, 5.41) is 3.23. The predicted octanol–water partition coefficient (Wildman–Crippen LogP) is 4.50. The maximum atomic E-state index is 12.0. The van der Waals surface area contributed by atoms with Crippen molar-refractivity contribution in [2.24, 2.45) is 5.92 Å². The lowest BCUT2D eigenvalue weighted by molar-refractivity contribution is -0.125. The molecule has 0 spiro atoms. The molecule has 0 heterocycles. The van der Waals surface area contributed by atoms with Gasteiger partial charge in [-0.25, -0.2) is 4.79 Å². The molecule has 1 aromatic rings. The van der Waals surface area contributed by atoms with Gasteiger partial charge in [0.15, 0.2) is 6.61 Å². The topological polar surface area (TPSA) is 55.4 Å². The van der Waals surface area contributed by atoms with Crippen molar-refractivity contribution in [2.75, 3.05) is 6.61 Å². The molecule has 1 amide bonds. The Labute approximate surface area is 150 Å². The smallest absolute Gasteiger partial charge is 0.341 e. The molecule has 0 atom stereocenters. The van der Waals surface area contributed by atoms with Crippen LogP contribution in [0.1, 0.15) is 43.0 Å². The molecule has 1 fully saturated rings. The van der Waals surface area contributed by atoms with Crippen molar-refractivity contribution >= 4 is 46.7 Å². The molecule has 1 N–H and O–H groups in total. The van der Waals surface area contributed by atoms with E-state index in [4.69, 9.17) is 39.5 Å². The number of ether oxygens (including phenoxy) is 1. The number of nitrogens with one attached hydrogen (secondary N) is 1. The van der Waals surface area contributed by atoms with Gasteiger partial charge in [-0.05, 0) is 43.7 Å². The van der Waals surface area contributed by atoms with Crippen molar-refractivity contribution in [2.45, 2.75) is 38.6 Å². The van der Waals surface area contributed by atoms with Gasteiger partial charge in [-0.1, -0.05) is 41.7 Å². The van der Waals surface area contributed by atoms with Gasteiger partial charge in [0.2, 0.25) is 0 Å². The van der Waals surface area contributed by atoms with Gasteiger partial charge in [0.1, 0.15) is 0 Å². The summed E-state index contributed by atoms with van der Waals surface area (Å²) in [5.41, 5.74) is -0.0277. The van der Waals surface area contributed by atoms with E-state index in [0.29, 0.717) is 5.92 Å². The fourth-order valence-electron chi connectivity index (χ4n) is 2.59. The Morgan fingerprint density at radius 3 is 2.39 bits per heavy atom. The Morgan fingerprint density at radius 2 is 1.74 bits per heavy atom. The summed E-state index contributed by atoms with van der Waals surface area (Å²) in [6, 6.07) is 3.09. The van der Waals surface area contributed by atoms with Gasteiger partial charge in [0.25, 0.3) is 5.91 Å². The highest BCUT2D eigenvalue weighted by atomic mass is 35.5. The molecule has 0 saturated heterocycles. The molecule has 2 rings (SSSR count). The Morgan fingerprint density at radius 1 is 1.13 bits per heavy atom. The molecule has 1 aromatic carbocycles. The third-order valence-corrected chi connectivity index (χ3v) is 5.08. The second-order valence-electron chi connectivity index (χ2n) is 5.82. The largest absolute Gasteiger partial charge is 0.452 e. The second-order valence-corrected chi connectivity index (χ2v) is 7.01. The van der Waals surface area contributed by atoms with Crippen LogP contribution < -0.4 is 5.32 Å². The molecule has 7 heteroatoms. The lowest BCUT2D eigenvalue weighted by Crippen LogP contribution is -2.39. The minimum Gasteiger partial charge on any atom is -0.452 e. The molecule has 1 aliphatic rings. The first-order chi connectivity index (χ1) is 10.9. The molecule has 0 aliphatic heterocycles. The molecule has 4 nitrogen and oxygen atoms in total. The summed E-state index contributed by atoms with van der Waals surface area (Å²) in [4.78, 5) is 23.9. The van der Waals surface area contributed by atoms with Crippen molar-refractivity contribution in [3.05, 3.63) is 32.8 Å². The second kappa shape index (κ2) is 8.22. The van der Waals surface area contributed by atoms with Crippen molar-refractivity contribution in [1.29, 1.82) is 0 Å². The fourth-order valence-corrected chi connectivity index (χ4v) is 3.27. The van der Waals surface area contributed by atoms with Crippen LogP contribution in [0.25, 0.3) is 0 Å². The number of halogens is 3. The lowest BCUT2D eigenvalue weighted by atomic mass is 9.87. The Bertz CT molecular complexity index is 598. The number of carbonyl (C=O) groups excluding carboxylic acids is 2. The van der Waals surface area contributed by atoms with E-state index < -0.39 is 5.97 Å². The normalized spacial score (nSPS) is 20.9. The summed E-state index contributed by atoms with van der Waals surface area (Å²) >= 11 is 17.8. The minimum atomic E-state index is -0.769. The van der Waals surface area contributed by atoms with Crippen molar-refractivity contribution < 1.29 is 14.3 Å². The van der Waals surface area contributed by atoms with Crippen LogP contribution in [-0.2, 0) is 9.53 Å². The molecule has 23 heavy (non-hydrogen) atoms. The summed E-state index contributed by atoms with van der Waals surface area (Å²) in [7, 11) is 0. The van der Waals surface area contributed by atoms with E-state index in [-0.39, 0.29) is 39.2 Å². The standard InChI is InChI=1S/C16H18Cl3NO3/c1-9-2-4-10(5-3-9)20-13(21)8-23-16(22)14-11(17)6-7-12(18)15(14)19/h6-7,9-10H,2-5,8H2,1H3,(H,20,21). The van der Waals surface area contributed by atoms with E-state index >= 15 is 0 Å². The van der Waals surface area contributed by atoms with Crippen LogP contribution in [0.5, 0.6) is 0 Å². The molecule has 1 saturated carbocycles. The number of carbonyl (C=O) groups is 2. The summed E-state index contributed by atoms with van der Waals surface area (Å²) in [6.07, 6.45) is 4.09. The number of amides is 1. The van der Waals surface area contributed by atoms with Gasteiger partial charge >= 0.3 is 5.97 Å². The predicted molar refractivity (Wildman–Crippen MR) is 91.3 cm³/mol. The van der Waals surface area contributed by atoms with Gasteiger partial charge in [0.05, 0.1) is 20.6 Å². The summed E-state index contributed by atoms with van der Waals surface area (Å²) in [5.74, 6) is -0.393. The van der Waals surface area contributed by atoms with E-state index in [1.54, 1.807) is 0 Å². The molecule has 0 radical (unpaired) electrons. The SMILES string of the molecule is CC1CCC(NC(=O)COC(=O)c2c(Cl)ccc(Cl)c2Cl)CC1. The molecule has 126 valence electrons. The lowest BCUT2D eigenvalue weighted by Gasteiger charge is -2.26. The van der Waals surface area contributed by atoms with Gasteiger partial charge in [0, 0.05) is 6.04 Å². The average molecular weight is 379 g/mol. The maximum absolute atomic E-state index is 12.0. The highest BCUT2D eigenvalue weighted by Gasteiger charge is 2.22. The Hall–Kier alpha value is -0.970. The van der Waals surface area contributed by atoms with Crippen LogP contribution >= 0.6 is 34.8 Å². The van der Waals surface area contributed by atoms with Crippen LogP contribution in [0.15, 0.2) is 12.1 Å². The highest BCUT2D eigenvalue weighted by molar-refractivity contribution is 6.46. The van der Waals surface area contributed by atoms with E-state index in [9.17, 15) is 9.59 Å². The van der Waals surface area contributed by atoms with Gasteiger partial charge in [-0.3, -0.25) is 4.79 Å². The number of rotatable bonds is 4. The van der Waals surface area contributed by atoms with Crippen LogP contribution in [-0.4, -0.2) is 24.5 Å². The quantitative estimate of drug-likeness (QED) is 0.620. The molecule has 0 bridgehead atoms. The van der Waals surface area contributed by atoms with Crippen molar-refractivity contribution in [3.8, 4) is 0 Å². The van der Waals surface area contributed by atoms with E-state index in [1.165, 1.54) is 12.1 Å². The van der Waals surface area contributed by atoms with Crippen molar-refractivity contribution in [3.63, 3.8) is 0 Å². The maximum Gasteiger partial charge on any atom is 0.341 e. The van der Waals surface area contributed by atoms with Gasteiger partial charge < -0.3 is 10.1 Å². The zero-order valence-electron chi connectivity index (χ0n) is 12.7. The number of hydrogen-bond acceptors (Lipinski definition) is 3. The van der Waals surface area contributed by atoms with E-state index in [0.717, 1.165) is 25.7 Å². The monoisotopic (exact) mass is 377 g/mol. The van der Waals surface area contributed by atoms with Gasteiger partial charge in [-0.2, -0.15) is 0 Å². The third-order valence-electron chi connectivity index (χ3n) is 3.96. The number of hydrogen-bond donors (Lipinski definition) is 1. The number of esters is 1.